The summed E-state index contributed by atoms with van der Waals surface area (Å²) in [5.74, 6) is 0.865. The molecule has 144 valence electrons. The Labute approximate surface area is 159 Å². The van der Waals surface area contributed by atoms with Gasteiger partial charge in [-0.25, -0.2) is 13.4 Å². The van der Waals surface area contributed by atoms with Gasteiger partial charge in [0.1, 0.15) is 0 Å². The number of sulfonamides is 1. The van der Waals surface area contributed by atoms with Crippen LogP contribution in [0.4, 0.5) is 5.69 Å². The zero-order chi connectivity index (χ0) is 19.8. The first-order valence-corrected chi connectivity index (χ1v) is 9.98. The monoisotopic (exact) mass is 411 g/mol. The van der Waals surface area contributed by atoms with E-state index in [-0.39, 0.29) is 22.9 Å². The predicted octanol–water partition coefficient (Wildman–Crippen LogP) is 1.89. The van der Waals surface area contributed by atoms with Crippen molar-refractivity contribution in [1.82, 2.24) is 9.38 Å². The van der Waals surface area contributed by atoms with Crippen LogP contribution in [0.3, 0.4) is 0 Å². The van der Waals surface area contributed by atoms with Gasteiger partial charge in [-0.15, -0.1) is 11.3 Å². The number of nitrogens with one attached hydrogen (secondary N) is 1. The van der Waals surface area contributed by atoms with E-state index in [9.17, 15) is 13.2 Å². The molecule has 1 N–H and O–H groups in total. The van der Waals surface area contributed by atoms with Gasteiger partial charge < -0.3 is 14.2 Å². The normalized spacial score (nSPS) is 11.4. The largest absolute Gasteiger partial charge is 0.493 e. The molecule has 1 aromatic carbocycles. The maximum absolute atomic E-state index is 12.9. The molecule has 3 aromatic rings. The lowest BCUT2D eigenvalue weighted by Gasteiger charge is -2.15. The molecular weight excluding hydrogens is 394 g/mol. The SMILES string of the molecule is COc1cc(NS(=O)(=O)c2c(C)nc3sccn3c2=O)cc(OC)c1OC. The molecular formula is C16H17N3O6S2. The van der Waals surface area contributed by atoms with Crippen molar-refractivity contribution in [3.8, 4) is 17.2 Å². The van der Waals surface area contributed by atoms with Gasteiger partial charge in [0.05, 0.1) is 32.7 Å². The molecule has 2 aromatic heterocycles. The number of nitrogens with zero attached hydrogens (tertiary/aromatic N) is 2. The third-order valence-electron chi connectivity index (χ3n) is 3.78. The summed E-state index contributed by atoms with van der Waals surface area (Å²) in [7, 11) is 0.0684. The van der Waals surface area contributed by atoms with E-state index in [4.69, 9.17) is 14.2 Å². The van der Waals surface area contributed by atoms with Gasteiger partial charge in [-0.1, -0.05) is 0 Å². The molecule has 11 heteroatoms. The second kappa shape index (κ2) is 7.08. The Morgan fingerprint density at radius 2 is 1.74 bits per heavy atom. The maximum Gasteiger partial charge on any atom is 0.279 e. The first-order valence-electron chi connectivity index (χ1n) is 7.61. The number of hydrogen-bond acceptors (Lipinski definition) is 8. The van der Waals surface area contributed by atoms with Crippen LogP contribution in [0.2, 0.25) is 0 Å². The zero-order valence-electron chi connectivity index (χ0n) is 15.0. The van der Waals surface area contributed by atoms with E-state index in [0.29, 0.717) is 10.7 Å². The van der Waals surface area contributed by atoms with Crippen molar-refractivity contribution in [2.75, 3.05) is 26.1 Å². The van der Waals surface area contributed by atoms with Crippen LogP contribution in [0.25, 0.3) is 4.96 Å². The molecule has 0 aliphatic carbocycles. The van der Waals surface area contributed by atoms with Crippen LogP contribution in [-0.2, 0) is 10.0 Å². The summed E-state index contributed by atoms with van der Waals surface area (Å²) in [6, 6.07) is 2.87. The number of benzene rings is 1. The third-order valence-corrected chi connectivity index (χ3v) is 6.05. The molecule has 0 unspecified atom stereocenters. The van der Waals surface area contributed by atoms with Crippen LogP contribution in [0.5, 0.6) is 17.2 Å². The van der Waals surface area contributed by atoms with Gasteiger partial charge in [-0.05, 0) is 6.92 Å². The van der Waals surface area contributed by atoms with Crippen molar-refractivity contribution in [2.24, 2.45) is 0 Å². The maximum atomic E-state index is 12.9. The van der Waals surface area contributed by atoms with Crippen molar-refractivity contribution in [2.45, 2.75) is 11.8 Å². The van der Waals surface area contributed by atoms with Gasteiger partial charge in [0.2, 0.25) is 5.75 Å². The first kappa shape index (κ1) is 19.0. The summed E-state index contributed by atoms with van der Waals surface area (Å²) in [5.41, 5.74) is -0.403. The number of rotatable bonds is 6. The highest BCUT2D eigenvalue weighted by molar-refractivity contribution is 7.92. The topological polar surface area (TPSA) is 108 Å². The summed E-state index contributed by atoms with van der Waals surface area (Å²) < 4.78 is 45.0. The first-order chi connectivity index (χ1) is 12.8. The number of methoxy groups -OCH3 is 3. The molecule has 2 heterocycles. The minimum absolute atomic E-state index is 0.113. The van der Waals surface area contributed by atoms with Crippen LogP contribution in [0, 0.1) is 6.92 Å². The fourth-order valence-corrected chi connectivity index (χ4v) is 4.67. The minimum atomic E-state index is -4.21. The molecule has 0 saturated heterocycles. The highest BCUT2D eigenvalue weighted by Crippen LogP contribution is 2.40. The molecule has 9 nitrogen and oxygen atoms in total. The van der Waals surface area contributed by atoms with E-state index >= 15 is 0 Å². The average molecular weight is 411 g/mol. The summed E-state index contributed by atoms with van der Waals surface area (Å²) >= 11 is 1.24. The quantitative estimate of drug-likeness (QED) is 0.660. The summed E-state index contributed by atoms with van der Waals surface area (Å²) in [4.78, 5) is 16.8. The van der Waals surface area contributed by atoms with Crippen LogP contribution in [0.1, 0.15) is 5.69 Å². The van der Waals surface area contributed by atoms with E-state index in [1.807, 2.05) is 0 Å². The Balaban J connectivity index is 2.12. The van der Waals surface area contributed by atoms with Crippen molar-refractivity contribution in [3.63, 3.8) is 0 Å². The van der Waals surface area contributed by atoms with Gasteiger partial charge in [0.15, 0.2) is 21.4 Å². The average Bonchev–Trinajstić information content (AvgIpc) is 3.08. The third kappa shape index (κ3) is 3.30. The molecule has 0 bridgehead atoms. The van der Waals surface area contributed by atoms with E-state index in [1.165, 1.54) is 62.3 Å². The highest BCUT2D eigenvalue weighted by Gasteiger charge is 2.25. The lowest BCUT2D eigenvalue weighted by atomic mass is 10.2. The Hall–Kier alpha value is -2.79. The fraction of sp³-hybridized carbons (Fsp3) is 0.250. The molecule has 0 spiro atoms. The smallest absolute Gasteiger partial charge is 0.279 e. The van der Waals surface area contributed by atoms with Gasteiger partial charge in [0, 0.05) is 23.7 Å². The van der Waals surface area contributed by atoms with E-state index in [1.54, 1.807) is 5.38 Å². The second-order valence-corrected chi connectivity index (χ2v) is 7.90. The second-order valence-electron chi connectivity index (χ2n) is 5.41. The van der Waals surface area contributed by atoms with Crippen molar-refractivity contribution >= 4 is 32.0 Å². The van der Waals surface area contributed by atoms with Crippen LogP contribution in [-0.4, -0.2) is 39.1 Å². The van der Waals surface area contributed by atoms with Crippen molar-refractivity contribution in [3.05, 3.63) is 39.8 Å². The minimum Gasteiger partial charge on any atom is -0.493 e. The number of fused-ring (bicyclic) bond motifs is 1. The predicted molar refractivity (Wildman–Crippen MR) is 101 cm³/mol. The van der Waals surface area contributed by atoms with E-state index in [2.05, 4.69) is 9.71 Å². The molecule has 0 aliphatic rings. The Bertz CT molecular complexity index is 1140. The molecule has 27 heavy (non-hydrogen) atoms. The number of hydrogen-bond donors (Lipinski definition) is 1. The number of aryl methyl sites for hydroxylation is 1. The molecule has 0 radical (unpaired) electrons. The Morgan fingerprint density at radius 3 is 2.30 bits per heavy atom. The van der Waals surface area contributed by atoms with Crippen LogP contribution >= 0.6 is 11.3 Å². The number of thiazole rings is 1. The number of anilines is 1. The standard InChI is InChI=1S/C16H17N3O6S2/c1-9-14(15(20)19-5-6-26-16(19)17-9)27(21,22)18-10-7-11(23-2)13(25-4)12(8-10)24-3/h5-8,18H,1-4H3. The molecule has 0 aliphatic heterocycles. The Kier molecular flexibility index (Phi) is 4.98. The lowest BCUT2D eigenvalue weighted by molar-refractivity contribution is 0.325. The van der Waals surface area contributed by atoms with Crippen LogP contribution < -0.4 is 24.5 Å². The highest BCUT2D eigenvalue weighted by atomic mass is 32.2. The molecule has 0 fully saturated rings. The van der Waals surface area contributed by atoms with E-state index in [0.717, 1.165) is 0 Å². The summed E-state index contributed by atoms with van der Waals surface area (Å²) in [5, 5.41) is 1.66. The zero-order valence-corrected chi connectivity index (χ0v) is 16.6. The van der Waals surface area contributed by atoms with E-state index < -0.39 is 20.5 Å². The van der Waals surface area contributed by atoms with Crippen molar-refractivity contribution in [1.29, 1.82) is 0 Å². The van der Waals surface area contributed by atoms with Gasteiger partial charge in [-0.2, -0.15) is 0 Å². The number of ether oxygens (including phenoxy) is 3. The molecule has 0 atom stereocenters. The van der Waals surface area contributed by atoms with Gasteiger partial charge >= 0.3 is 0 Å². The van der Waals surface area contributed by atoms with Crippen LogP contribution in [0.15, 0.2) is 33.4 Å². The Morgan fingerprint density at radius 1 is 1.11 bits per heavy atom. The molecule has 0 saturated carbocycles. The molecule has 3 rings (SSSR count). The lowest BCUT2D eigenvalue weighted by Crippen LogP contribution is -2.27. The number of aromatic nitrogens is 2. The van der Waals surface area contributed by atoms with Gasteiger partial charge in [-0.3, -0.25) is 13.9 Å². The van der Waals surface area contributed by atoms with Crippen molar-refractivity contribution < 1.29 is 22.6 Å². The fourth-order valence-electron chi connectivity index (χ4n) is 2.62. The molecule has 0 amide bonds. The van der Waals surface area contributed by atoms with Gasteiger partial charge in [0.25, 0.3) is 15.6 Å². The summed E-state index contributed by atoms with van der Waals surface area (Å²) in [6.45, 7) is 1.48. The summed E-state index contributed by atoms with van der Waals surface area (Å²) in [6.07, 6.45) is 1.48.